The van der Waals surface area contributed by atoms with Crippen molar-refractivity contribution in [2.45, 2.75) is 13.8 Å². The first-order valence-electron chi connectivity index (χ1n) is 7.35. The quantitative estimate of drug-likeness (QED) is 0.812. The SMILES string of the molecule is Cc1ccc(NC(=O)COC(=O)COc2ccc(Cl)c(C)c2)cc1. The van der Waals surface area contributed by atoms with Gasteiger partial charge in [0, 0.05) is 10.7 Å². The van der Waals surface area contributed by atoms with Gasteiger partial charge in [-0.3, -0.25) is 4.79 Å². The van der Waals surface area contributed by atoms with Crippen molar-refractivity contribution in [1.29, 1.82) is 0 Å². The zero-order valence-electron chi connectivity index (χ0n) is 13.5. The molecule has 0 heterocycles. The molecule has 0 saturated heterocycles. The van der Waals surface area contributed by atoms with E-state index in [-0.39, 0.29) is 13.2 Å². The predicted octanol–water partition coefficient (Wildman–Crippen LogP) is 3.52. The summed E-state index contributed by atoms with van der Waals surface area (Å²) in [5, 5.41) is 3.26. The number of anilines is 1. The molecule has 0 fully saturated rings. The van der Waals surface area contributed by atoms with Crippen molar-refractivity contribution in [1.82, 2.24) is 0 Å². The first-order chi connectivity index (χ1) is 11.4. The second kappa shape index (κ2) is 8.36. The Labute approximate surface area is 145 Å². The molecule has 6 heteroatoms. The lowest BCUT2D eigenvalue weighted by molar-refractivity contribution is -0.149. The van der Waals surface area contributed by atoms with E-state index in [4.69, 9.17) is 21.1 Å². The molecule has 0 aliphatic rings. The fourth-order valence-corrected chi connectivity index (χ4v) is 1.99. The minimum atomic E-state index is -0.623. The van der Waals surface area contributed by atoms with Crippen LogP contribution in [0.5, 0.6) is 5.75 Å². The molecule has 0 atom stereocenters. The average Bonchev–Trinajstić information content (AvgIpc) is 2.56. The highest BCUT2D eigenvalue weighted by molar-refractivity contribution is 6.31. The largest absolute Gasteiger partial charge is 0.482 e. The lowest BCUT2D eigenvalue weighted by Gasteiger charge is -2.09. The smallest absolute Gasteiger partial charge is 0.344 e. The van der Waals surface area contributed by atoms with Crippen molar-refractivity contribution in [2.75, 3.05) is 18.5 Å². The maximum atomic E-state index is 11.7. The first kappa shape index (κ1) is 17.8. The summed E-state index contributed by atoms with van der Waals surface area (Å²) in [7, 11) is 0. The van der Waals surface area contributed by atoms with Crippen LogP contribution in [0.15, 0.2) is 42.5 Å². The molecule has 0 unspecified atom stereocenters. The monoisotopic (exact) mass is 347 g/mol. The van der Waals surface area contributed by atoms with Crippen molar-refractivity contribution in [3.63, 3.8) is 0 Å². The van der Waals surface area contributed by atoms with Gasteiger partial charge in [-0.05, 0) is 49.7 Å². The Morgan fingerprint density at radius 3 is 2.42 bits per heavy atom. The van der Waals surface area contributed by atoms with Gasteiger partial charge >= 0.3 is 5.97 Å². The summed E-state index contributed by atoms with van der Waals surface area (Å²) >= 11 is 5.91. The summed E-state index contributed by atoms with van der Waals surface area (Å²) in [5.41, 5.74) is 2.59. The third-order valence-electron chi connectivity index (χ3n) is 3.19. The molecule has 1 N–H and O–H groups in total. The van der Waals surface area contributed by atoms with Crippen LogP contribution >= 0.6 is 11.6 Å². The van der Waals surface area contributed by atoms with Gasteiger partial charge in [0.05, 0.1) is 0 Å². The van der Waals surface area contributed by atoms with Crippen molar-refractivity contribution < 1.29 is 19.1 Å². The zero-order valence-corrected chi connectivity index (χ0v) is 14.2. The van der Waals surface area contributed by atoms with E-state index in [1.54, 1.807) is 30.3 Å². The summed E-state index contributed by atoms with van der Waals surface area (Å²) in [6.07, 6.45) is 0. The summed E-state index contributed by atoms with van der Waals surface area (Å²) in [6, 6.07) is 12.4. The fraction of sp³-hybridized carbons (Fsp3) is 0.222. The highest BCUT2D eigenvalue weighted by Crippen LogP contribution is 2.20. The van der Waals surface area contributed by atoms with E-state index in [0.29, 0.717) is 16.5 Å². The van der Waals surface area contributed by atoms with E-state index in [9.17, 15) is 9.59 Å². The molecule has 0 saturated carbocycles. The number of benzene rings is 2. The highest BCUT2D eigenvalue weighted by Gasteiger charge is 2.09. The summed E-state index contributed by atoms with van der Waals surface area (Å²) in [4.78, 5) is 23.3. The maximum Gasteiger partial charge on any atom is 0.344 e. The number of amides is 1. The second-order valence-electron chi connectivity index (χ2n) is 5.27. The number of carbonyl (C=O) groups is 2. The van der Waals surface area contributed by atoms with Crippen LogP contribution in [0, 0.1) is 13.8 Å². The number of ether oxygens (including phenoxy) is 2. The van der Waals surface area contributed by atoms with Crippen LogP contribution in [0.2, 0.25) is 5.02 Å². The van der Waals surface area contributed by atoms with Gasteiger partial charge in [0.1, 0.15) is 5.75 Å². The van der Waals surface area contributed by atoms with Crippen molar-refractivity contribution in [3.05, 3.63) is 58.6 Å². The van der Waals surface area contributed by atoms with Gasteiger partial charge in [-0.2, -0.15) is 0 Å². The van der Waals surface area contributed by atoms with Crippen LogP contribution in [-0.2, 0) is 14.3 Å². The van der Waals surface area contributed by atoms with Gasteiger partial charge < -0.3 is 14.8 Å². The number of rotatable bonds is 6. The van der Waals surface area contributed by atoms with E-state index in [0.717, 1.165) is 11.1 Å². The van der Waals surface area contributed by atoms with Crippen LogP contribution in [0.1, 0.15) is 11.1 Å². The van der Waals surface area contributed by atoms with Crippen LogP contribution in [0.25, 0.3) is 0 Å². The van der Waals surface area contributed by atoms with Crippen LogP contribution in [0.3, 0.4) is 0 Å². The van der Waals surface area contributed by atoms with Gasteiger partial charge in [-0.15, -0.1) is 0 Å². The Kier molecular flexibility index (Phi) is 6.21. The Morgan fingerprint density at radius 2 is 1.75 bits per heavy atom. The zero-order chi connectivity index (χ0) is 17.5. The van der Waals surface area contributed by atoms with E-state index < -0.39 is 11.9 Å². The standard InChI is InChI=1S/C18H18ClNO4/c1-12-3-5-14(6-4-12)20-17(21)10-24-18(22)11-23-15-7-8-16(19)13(2)9-15/h3-9H,10-11H2,1-2H3,(H,20,21). The van der Waals surface area contributed by atoms with E-state index >= 15 is 0 Å². The Bertz CT molecular complexity index is 728. The van der Waals surface area contributed by atoms with Crippen LogP contribution in [-0.4, -0.2) is 25.1 Å². The normalized spacial score (nSPS) is 10.1. The molecule has 0 aromatic heterocycles. The van der Waals surface area contributed by atoms with Crippen molar-refractivity contribution >= 4 is 29.2 Å². The number of carbonyl (C=O) groups excluding carboxylic acids is 2. The lowest BCUT2D eigenvalue weighted by Crippen LogP contribution is -2.23. The number of hydrogen-bond acceptors (Lipinski definition) is 4. The van der Waals surface area contributed by atoms with Crippen molar-refractivity contribution in [2.24, 2.45) is 0 Å². The number of hydrogen-bond donors (Lipinski definition) is 1. The number of halogens is 1. The molecule has 2 aromatic rings. The fourth-order valence-electron chi connectivity index (χ4n) is 1.87. The Hall–Kier alpha value is -2.53. The highest BCUT2D eigenvalue weighted by atomic mass is 35.5. The topological polar surface area (TPSA) is 64.6 Å². The van der Waals surface area contributed by atoms with Gasteiger partial charge in [-0.1, -0.05) is 29.3 Å². The minimum absolute atomic E-state index is 0.279. The Balaban J connectivity index is 1.73. The summed E-state index contributed by atoms with van der Waals surface area (Å²) in [6.45, 7) is 3.15. The average molecular weight is 348 g/mol. The summed E-state index contributed by atoms with van der Waals surface area (Å²) in [5.74, 6) is -0.519. The van der Waals surface area contributed by atoms with Crippen LogP contribution in [0.4, 0.5) is 5.69 Å². The number of aryl methyl sites for hydroxylation is 2. The molecule has 0 bridgehead atoms. The lowest BCUT2D eigenvalue weighted by atomic mass is 10.2. The molecule has 2 aromatic carbocycles. The molecule has 0 spiro atoms. The Morgan fingerprint density at radius 1 is 1.04 bits per heavy atom. The molecule has 5 nitrogen and oxygen atoms in total. The third-order valence-corrected chi connectivity index (χ3v) is 3.61. The van der Waals surface area contributed by atoms with Gasteiger partial charge in [0.2, 0.25) is 0 Å². The molecule has 2 rings (SSSR count). The first-order valence-corrected chi connectivity index (χ1v) is 7.73. The van der Waals surface area contributed by atoms with E-state index in [1.165, 1.54) is 0 Å². The molecule has 0 aliphatic heterocycles. The molecule has 0 aliphatic carbocycles. The predicted molar refractivity (Wildman–Crippen MR) is 92.5 cm³/mol. The third kappa shape index (κ3) is 5.59. The molecule has 0 radical (unpaired) electrons. The molecular weight excluding hydrogens is 330 g/mol. The maximum absolute atomic E-state index is 11.7. The second-order valence-corrected chi connectivity index (χ2v) is 5.68. The molecule has 24 heavy (non-hydrogen) atoms. The molecule has 1 amide bonds. The minimum Gasteiger partial charge on any atom is -0.482 e. The van der Waals surface area contributed by atoms with E-state index in [2.05, 4.69) is 5.32 Å². The number of nitrogens with one attached hydrogen (secondary N) is 1. The molecular formula is C18H18ClNO4. The van der Waals surface area contributed by atoms with E-state index in [1.807, 2.05) is 26.0 Å². The summed E-state index contributed by atoms with van der Waals surface area (Å²) < 4.78 is 10.2. The van der Waals surface area contributed by atoms with Gasteiger partial charge in [0.25, 0.3) is 5.91 Å². The van der Waals surface area contributed by atoms with Crippen molar-refractivity contribution in [3.8, 4) is 5.75 Å². The number of esters is 1. The van der Waals surface area contributed by atoms with Gasteiger partial charge in [0.15, 0.2) is 13.2 Å². The van der Waals surface area contributed by atoms with Crippen LogP contribution < -0.4 is 10.1 Å². The van der Waals surface area contributed by atoms with Gasteiger partial charge in [-0.25, -0.2) is 4.79 Å². The molecule has 126 valence electrons.